The number of rotatable bonds is 4. The lowest BCUT2D eigenvalue weighted by Crippen LogP contribution is -1.66. The van der Waals surface area contributed by atoms with E-state index in [1.165, 1.54) is 31.3 Å². The summed E-state index contributed by atoms with van der Waals surface area (Å²) in [5.41, 5.74) is 1.29. The summed E-state index contributed by atoms with van der Waals surface area (Å²) in [5.74, 6) is 0. The molecule has 0 aliphatic carbocycles. The van der Waals surface area contributed by atoms with Gasteiger partial charge in [-0.25, -0.2) is 0 Å². The highest BCUT2D eigenvalue weighted by molar-refractivity contribution is 4.86. The van der Waals surface area contributed by atoms with Crippen LogP contribution in [0.5, 0.6) is 0 Å². The van der Waals surface area contributed by atoms with E-state index >= 15 is 0 Å². The Balaban J connectivity index is 0. The minimum atomic E-state index is 1.18. The zero-order valence-electron chi connectivity index (χ0n) is 9.19. The molecule has 0 aliphatic rings. The van der Waals surface area contributed by atoms with Crippen LogP contribution in [0.4, 0.5) is 0 Å². The molecule has 72 valence electrons. The van der Waals surface area contributed by atoms with Gasteiger partial charge in [0.2, 0.25) is 0 Å². The molecule has 0 radical (unpaired) electrons. The SMILES string of the molecule is C=C(C)CCC.CC=CCCC. The summed E-state index contributed by atoms with van der Waals surface area (Å²) in [6.45, 7) is 12.2. The summed E-state index contributed by atoms with van der Waals surface area (Å²) in [5, 5.41) is 0. The second-order valence-electron chi connectivity index (χ2n) is 3.06. The fourth-order valence-electron chi connectivity index (χ4n) is 0.760. The Morgan fingerprint density at radius 3 is 1.92 bits per heavy atom. The molecule has 0 aromatic rings. The predicted molar refractivity (Wildman–Crippen MR) is 59.4 cm³/mol. The number of unbranched alkanes of at least 4 members (excludes halogenated alkanes) is 1. The molecule has 0 saturated carbocycles. The molecule has 12 heavy (non-hydrogen) atoms. The van der Waals surface area contributed by atoms with Crippen LogP contribution in [0.2, 0.25) is 0 Å². The summed E-state index contributed by atoms with van der Waals surface area (Å²) >= 11 is 0. The second-order valence-corrected chi connectivity index (χ2v) is 3.06. The molecule has 0 fully saturated rings. The van der Waals surface area contributed by atoms with Crippen molar-refractivity contribution in [2.75, 3.05) is 0 Å². The van der Waals surface area contributed by atoms with Gasteiger partial charge in [0.05, 0.1) is 0 Å². The third-order valence-electron chi connectivity index (χ3n) is 1.37. The first-order valence-electron chi connectivity index (χ1n) is 4.94. The average molecular weight is 168 g/mol. The predicted octanol–water partition coefficient (Wildman–Crippen LogP) is 4.73. The molecule has 0 heteroatoms. The van der Waals surface area contributed by atoms with Crippen molar-refractivity contribution in [3.8, 4) is 0 Å². The van der Waals surface area contributed by atoms with Crippen LogP contribution in [0.15, 0.2) is 24.3 Å². The van der Waals surface area contributed by atoms with Gasteiger partial charge in [0.1, 0.15) is 0 Å². The van der Waals surface area contributed by atoms with Gasteiger partial charge in [0, 0.05) is 0 Å². The van der Waals surface area contributed by atoms with Gasteiger partial charge in [0.15, 0.2) is 0 Å². The van der Waals surface area contributed by atoms with E-state index in [0.717, 1.165) is 0 Å². The molecule has 0 aliphatic heterocycles. The van der Waals surface area contributed by atoms with Crippen LogP contribution in [0, 0.1) is 0 Å². The fraction of sp³-hybridized carbons (Fsp3) is 0.667. The maximum Gasteiger partial charge on any atom is -0.0328 e. The van der Waals surface area contributed by atoms with Gasteiger partial charge < -0.3 is 0 Å². The van der Waals surface area contributed by atoms with Crippen molar-refractivity contribution in [3.05, 3.63) is 24.3 Å². The van der Waals surface area contributed by atoms with Crippen LogP contribution in [-0.2, 0) is 0 Å². The van der Waals surface area contributed by atoms with Gasteiger partial charge in [-0.1, -0.05) is 44.4 Å². The third kappa shape index (κ3) is 22.7. The lowest BCUT2D eigenvalue weighted by molar-refractivity contribution is 0.910. The Kier molecular flexibility index (Phi) is 15.3. The monoisotopic (exact) mass is 168 g/mol. The van der Waals surface area contributed by atoms with Gasteiger partial charge in [-0.05, 0) is 26.7 Å². The topological polar surface area (TPSA) is 0 Å². The van der Waals surface area contributed by atoms with Crippen LogP contribution in [0.1, 0.15) is 53.4 Å². The van der Waals surface area contributed by atoms with Crippen LogP contribution in [0.3, 0.4) is 0 Å². The van der Waals surface area contributed by atoms with Crippen molar-refractivity contribution in [2.24, 2.45) is 0 Å². The van der Waals surface area contributed by atoms with Crippen LogP contribution >= 0.6 is 0 Å². The molecule has 0 unspecified atom stereocenters. The molecule has 0 saturated heterocycles. The molecule has 0 spiro atoms. The van der Waals surface area contributed by atoms with Crippen molar-refractivity contribution in [2.45, 2.75) is 53.4 Å². The second kappa shape index (κ2) is 13.1. The van der Waals surface area contributed by atoms with E-state index in [0.29, 0.717) is 0 Å². The van der Waals surface area contributed by atoms with Gasteiger partial charge in [-0.3, -0.25) is 0 Å². The Labute approximate surface area is 78.4 Å². The molecule has 0 aromatic heterocycles. The Hall–Kier alpha value is -0.520. The molecule has 0 nitrogen and oxygen atoms in total. The van der Waals surface area contributed by atoms with Gasteiger partial charge in [0.25, 0.3) is 0 Å². The van der Waals surface area contributed by atoms with Crippen molar-refractivity contribution in [1.82, 2.24) is 0 Å². The Morgan fingerprint density at radius 2 is 1.83 bits per heavy atom. The van der Waals surface area contributed by atoms with E-state index in [1.54, 1.807) is 0 Å². The summed E-state index contributed by atoms with van der Waals surface area (Å²) in [4.78, 5) is 0. The smallest absolute Gasteiger partial charge is 0.0328 e. The largest absolute Gasteiger partial charge is 0.100 e. The normalized spacial score (nSPS) is 9.33. The van der Waals surface area contributed by atoms with E-state index in [2.05, 4.69) is 46.4 Å². The maximum absolute atomic E-state index is 3.74. The first kappa shape index (κ1) is 14.0. The van der Waals surface area contributed by atoms with Crippen molar-refractivity contribution in [1.29, 1.82) is 0 Å². The van der Waals surface area contributed by atoms with Crippen LogP contribution < -0.4 is 0 Å². The van der Waals surface area contributed by atoms with Crippen molar-refractivity contribution in [3.63, 3.8) is 0 Å². The average Bonchev–Trinajstić information content (AvgIpc) is 2.02. The number of hydrogen-bond donors (Lipinski definition) is 0. The van der Waals surface area contributed by atoms with Crippen LogP contribution in [0.25, 0.3) is 0 Å². The van der Waals surface area contributed by atoms with E-state index < -0.39 is 0 Å². The number of hydrogen-bond acceptors (Lipinski definition) is 0. The minimum absolute atomic E-state index is 1.18. The fourth-order valence-corrected chi connectivity index (χ4v) is 0.760. The van der Waals surface area contributed by atoms with E-state index in [1.807, 2.05) is 0 Å². The minimum Gasteiger partial charge on any atom is -0.100 e. The van der Waals surface area contributed by atoms with Crippen molar-refractivity contribution >= 4 is 0 Å². The van der Waals surface area contributed by atoms with Gasteiger partial charge in [-0.15, -0.1) is 6.58 Å². The highest BCUT2D eigenvalue weighted by Crippen LogP contribution is 1.96. The van der Waals surface area contributed by atoms with Crippen molar-refractivity contribution < 1.29 is 0 Å². The summed E-state index contributed by atoms with van der Waals surface area (Å²) in [7, 11) is 0. The number of allylic oxidation sites excluding steroid dienone is 3. The first-order valence-corrected chi connectivity index (χ1v) is 4.94. The lowest BCUT2D eigenvalue weighted by Gasteiger charge is -1.87. The lowest BCUT2D eigenvalue weighted by atomic mass is 10.2. The molecule has 0 heterocycles. The molecular weight excluding hydrogens is 144 g/mol. The first-order chi connectivity index (χ1) is 5.68. The molecule has 0 bridgehead atoms. The zero-order valence-corrected chi connectivity index (χ0v) is 9.19. The Bertz CT molecular complexity index is 109. The quantitative estimate of drug-likeness (QED) is 0.532. The molecule has 0 atom stereocenters. The third-order valence-corrected chi connectivity index (χ3v) is 1.37. The maximum atomic E-state index is 3.74. The van der Waals surface area contributed by atoms with Gasteiger partial charge >= 0.3 is 0 Å². The standard InChI is InChI=1S/2C6H12/c1-4-5-6(2)3;1-3-5-6-4-2/h2,4-5H2,1,3H3;3,5H,4,6H2,1-2H3. The summed E-state index contributed by atoms with van der Waals surface area (Å²) < 4.78 is 0. The highest BCUT2D eigenvalue weighted by Gasteiger charge is 1.76. The van der Waals surface area contributed by atoms with E-state index in [4.69, 9.17) is 0 Å². The summed E-state index contributed by atoms with van der Waals surface area (Å²) in [6, 6.07) is 0. The summed E-state index contributed by atoms with van der Waals surface area (Å²) in [6.07, 6.45) is 9.18. The molecule has 0 aromatic carbocycles. The Morgan fingerprint density at radius 1 is 1.25 bits per heavy atom. The van der Waals surface area contributed by atoms with E-state index in [9.17, 15) is 0 Å². The molecule has 0 amide bonds. The zero-order chi connectivity index (χ0) is 9.82. The molecule has 0 rings (SSSR count). The molecular formula is C12H24. The van der Waals surface area contributed by atoms with Gasteiger partial charge in [-0.2, -0.15) is 0 Å². The van der Waals surface area contributed by atoms with Crippen LogP contribution in [-0.4, -0.2) is 0 Å². The highest BCUT2D eigenvalue weighted by atomic mass is 13.8. The van der Waals surface area contributed by atoms with E-state index in [-0.39, 0.29) is 0 Å². The molecule has 0 N–H and O–H groups in total.